The molecule has 0 aromatic rings. The Morgan fingerprint density at radius 2 is 1.72 bits per heavy atom. The van der Waals surface area contributed by atoms with E-state index in [-0.39, 0.29) is 18.0 Å². The Hall–Kier alpha value is -1.14. The normalized spacial score (nSPS) is 10.9. The van der Waals surface area contributed by atoms with Crippen molar-refractivity contribution in [3.8, 4) is 0 Å². The lowest BCUT2D eigenvalue weighted by Gasteiger charge is -2.08. The van der Waals surface area contributed by atoms with Gasteiger partial charge in [-0.1, -0.05) is 0 Å². The molecular formula is C12H24O6. The topological polar surface area (TPSA) is 71.1 Å². The van der Waals surface area contributed by atoms with Crippen molar-refractivity contribution in [1.29, 1.82) is 0 Å². The minimum Gasteiger partial charge on any atom is -0.463 e. The van der Waals surface area contributed by atoms with E-state index in [1.807, 2.05) is 6.92 Å². The number of hydrogen-bond acceptors (Lipinski definition) is 6. The van der Waals surface area contributed by atoms with Crippen LogP contribution in [0.4, 0.5) is 0 Å². The van der Waals surface area contributed by atoms with E-state index in [0.29, 0.717) is 26.4 Å². The highest BCUT2D eigenvalue weighted by molar-refractivity contribution is 5.66. The van der Waals surface area contributed by atoms with E-state index in [0.717, 1.165) is 0 Å². The van der Waals surface area contributed by atoms with E-state index in [4.69, 9.17) is 14.2 Å². The molecule has 0 radical (unpaired) electrons. The van der Waals surface area contributed by atoms with Crippen LogP contribution in [-0.2, 0) is 28.5 Å². The highest BCUT2D eigenvalue weighted by Gasteiger charge is 2.02. The van der Waals surface area contributed by atoms with Crippen molar-refractivity contribution in [2.75, 3.05) is 33.5 Å². The molecule has 0 heterocycles. The molecule has 0 aliphatic carbocycles. The predicted octanol–water partition coefficient (Wildman–Crippen LogP) is 1.17. The highest BCUT2D eigenvalue weighted by Crippen LogP contribution is 1.90. The van der Waals surface area contributed by atoms with Gasteiger partial charge in [0.15, 0.2) is 0 Å². The summed E-state index contributed by atoms with van der Waals surface area (Å²) in [6.07, 6.45) is -0.132. The number of methoxy groups -OCH3 is 1. The zero-order valence-electron chi connectivity index (χ0n) is 11.9. The molecule has 108 valence electrons. The number of carbonyl (C=O) groups excluding carboxylic acids is 2. The second-order valence-electron chi connectivity index (χ2n) is 3.41. The second-order valence-corrected chi connectivity index (χ2v) is 3.41. The fourth-order valence-electron chi connectivity index (χ4n) is 0.941. The Balaban J connectivity index is 0. The molecule has 0 aromatic carbocycles. The van der Waals surface area contributed by atoms with Crippen LogP contribution in [0, 0.1) is 0 Å². The van der Waals surface area contributed by atoms with Crippen LogP contribution in [0.2, 0.25) is 0 Å². The molecule has 0 aliphatic heterocycles. The van der Waals surface area contributed by atoms with Crippen molar-refractivity contribution >= 4 is 11.9 Å². The molecule has 1 unspecified atom stereocenters. The Morgan fingerprint density at radius 1 is 1.11 bits per heavy atom. The van der Waals surface area contributed by atoms with Gasteiger partial charge in [-0.05, 0) is 13.8 Å². The van der Waals surface area contributed by atoms with E-state index in [2.05, 4.69) is 4.74 Å². The lowest BCUT2D eigenvalue weighted by Crippen LogP contribution is -2.17. The Kier molecular flexibility index (Phi) is 14.9. The summed E-state index contributed by atoms with van der Waals surface area (Å²) in [5.74, 6) is -0.519. The zero-order valence-corrected chi connectivity index (χ0v) is 11.9. The molecule has 18 heavy (non-hydrogen) atoms. The Labute approximate surface area is 109 Å². The molecule has 0 rings (SSSR count). The number of ether oxygens (including phenoxy) is 4. The van der Waals surface area contributed by atoms with Crippen molar-refractivity contribution in [2.24, 2.45) is 0 Å². The van der Waals surface area contributed by atoms with E-state index in [9.17, 15) is 9.59 Å². The summed E-state index contributed by atoms with van der Waals surface area (Å²) in [6.45, 7) is 8.43. The molecule has 6 nitrogen and oxygen atoms in total. The summed E-state index contributed by atoms with van der Waals surface area (Å²) >= 11 is 0. The van der Waals surface area contributed by atoms with Crippen LogP contribution in [0.1, 0.15) is 27.7 Å². The molecule has 0 bridgehead atoms. The summed E-state index contributed by atoms with van der Waals surface area (Å²) in [7, 11) is 1.57. The highest BCUT2D eigenvalue weighted by atomic mass is 16.6. The quantitative estimate of drug-likeness (QED) is 0.508. The molecule has 0 aliphatic rings. The molecule has 0 fully saturated rings. The maximum Gasteiger partial charge on any atom is 0.302 e. The van der Waals surface area contributed by atoms with Crippen LogP contribution in [0.3, 0.4) is 0 Å². The van der Waals surface area contributed by atoms with Gasteiger partial charge in [-0.3, -0.25) is 9.59 Å². The molecular weight excluding hydrogens is 240 g/mol. The molecule has 6 heteroatoms. The standard InChI is InChI=1S/2C6H12O3/c1-5(4-8-3)9-6(2)7;1-3-8-4-5-9-6(2)7/h5H,4H2,1-3H3;3-5H2,1-2H3. The molecule has 0 saturated heterocycles. The molecule has 1 atom stereocenters. The van der Waals surface area contributed by atoms with Crippen molar-refractivity contribution in [3.63, 3.8) is 0 Å². The van der Waals surface area contributed by atoms with E-state index >= 15 is 0 Å². The third-order valence-electron chi connectivity index (χ3n) is 1.51. The Bertz CT molecular complexity index is 217. The largest absolute Gasteiger partial charge is 0.463 e. The lowest BCUT2D eigenvalue weighted by atomic mass is 10.4. The van der Waals surface area contributed by atoms with E-state index in [1.165, 1.54) is 13.8 Å². The average Bonchev–Trinajstić information content (AvgIpc) is 2.24. The maximum atomic E-state index is 10.3. The lowest BCUT2D eigenvalue weighted by molar-refractivity contribution is -0.147. The summed E-state index contributed by atoms with van der Waals surface area (Å²) in [4.78, 5) is 20.4. The van der Waals surface area contributed by atoms with Crippen LogP contribution in [0.5, 0.6) is 0 Å². The van der Waals surface area contributed by atoms with Gasteiger partial charge in [-0.25, -0.2) is 0 Å². The minimum absolute atomic E-state index is 0.132. The van der Waals surface area contributed by atoms with Gasteiger partial charge in [-0.15, -0.1) is 0 Å². The van der Waals surface area contributed by atoms with Crippen LogP contribution in [0.15, 0.2) is 0 Å². The number of hydrogen-bond donors (Lipinski definition) is 0. The van der Waals surface area contributed by atoms with Crippen LogP contribution in [0.25, 0.3) is 0 Å². The molecule has 0 spiro atoms. The van der Waals surface area contributed by atoms with Crippen molar-refractivity contribution in [2.45, 2.75) is 33.8 Å². The molecule has 0 aromatic heterocycles. The number of carbonyl (C=O) groups is 2. The van der Waals surface area contributed by atoms with E-state index in [1.54, 1.807) is 14.0 Å². The molecule has 0 amide bonds. The monoisotopic (exact) mass is 264 g/mol. The summed E-state index contributed by atoms with van der Waals surface area (Å²) in [5.41, 5.74) is 0. The van der Waals surface area contributed by atoms with Crippen molar-refractivity contribution in [1.82, 2.24) is 0 Å². The number of esters is 2. The fourth-order valence-corrected chi connectivity index (χ4v) is 0.941. The maximum absolute atomic E-state index is 10.3. The zero-order chi connectivity index (χ0) is 14.4. The third-order valence-corrected chi connectivity index (χ3v) is 1.51. The average molecular weight is 264 g/mol. The van der Waals surface area contributed by atoms with Gasteiger partial charge in [0, 0.05) is 27.6 Å². The first-order valence-corrected chi connectivity index (χ1v) is 5.81. The second kappa shape index (κ2) is 13.9. The van der Waals surface area contributed by atoms with E-state index < -0.39 is 0 Å². The van der Waals surface area contributed by atoms with Crippen LogP contribution < -0.4 is 0 Å². The third kappa shape index (κ3) is 20.3. The smallest absolute Gasteiger partial charge is 0.302 e. The van der Waals surface area contributed by atoms with Gasteiger partial charge < -0.3 is 18.9 Å². The van der Waals surface area contributed by atoms with Crippen molar-refractivity contribution in [3.05, 3.63) is 0 Å². The first-order valence-electron chi connectivity index (χ1n) is 5.81. The van der Waals surface area contributed by atoms with Gasteiger partial charge >= 0.3 is 11.9 Å². The molecule has 0 saturated carbocycles. The van der Waals surface area contributed by atoms with Gasteiger partial charge in [0.05, 0.1) is 13.2 Å². The number of rotatable bonds is 7. The first-order chi connectivity index (χ1) is 8.43. The van der Waals surface area contributed by atoms with Gasteiger partial charge in [0.25, 0.3) is 0 Å². The summed E-state index contributed by atoms with van der Waals surface area (Å²) < 4.78 is 18.9. The minimum atomic E-state index is -0.264. The first kappa shape index (κ1) is 19.2. The van der Waals surface area contributed by atoms with Gasteiger partial charge in [-0.2, -0.15) is 0 Å². The van der Waals surface area contributed by atoms with Crippen molar-refractivity contribution < 1.29 is 28.5 Å². The van der Waals surface area contributed by atoms with Crippen LogP contribution >= 0.6 is 0 Å². The van der Waals surface area contributed by atoms with Gasteiger partial charge in [0.1, 0.15) is 12.7 Å². The summed E-state index contributed by atoms with van der Waals surface area (Å²) in [5, 5.41) is 0. The van der Waals surface area contributed by atoms with Gasteiger partial charge in [0.2, 0.25) is 0 Å². The fraction of sp³-hybridized carbons (Fsp3) is 0.833. The van der Waals surface area contributed by atoms with Crippen LogP contribution in [-0.4, -0.2) is 51.6 Å². The molecule has 0 N–H and O–H groups in total. The Morgan fingerprint density at radius 3 is 2.11 bits per heavy atom. The predicted molar refractivity (Wildman–Crippen MR) is 66.2 cm³/mol. The summed E-state index contributed by atoms with van der Waals surface area (Å²) in [6, 6.07) is 0. The SMILES string of the molecule is CCOCCOC(C)=O.COCC(C)OC(C)=O.